The summed E-state index contributed by atoms with van der Waals surface area (Å²) >= 11 is 0. The van der Waals surface area contributed by atoms with Crippen LogP contribution < -0.4 is 10.1 Å². The van der Waals surface area contributed by atoms with Crippen LogP contribution >= 0.6 is 0 Å². The standard InChI is InChI=1S/C25H30N2O3/c1-17(2)30-21-14-12-20(13-15-21)26-24(28)23-16-19-10-6-7-11-22(19)27(23)25(29)18-8-4-3-5-9-18/h3-5,8-9,12-15,17,19,22-23H,6-7,10-11,16H2,1-2H3,(H,26,28). The van der Waals surface area contributed by atoms with Crippen LogP contribution in [0.1, 0.15) is 56.3 Å². The van der Waals surface area contributed by atoms with E-state index in [2.05, 4.69) is 5.32 Å². The molecule has 2 fully saturated rings. The van der Waals surface area contributed by atoms with Crippen molar-refractivity contribution in [3.8, 4) is 5.75 Å². The predicted octanol–water partition coefficient (Wildman–Crippen LogP) is 4.89. The van der Waals surface area contributed by atoms with Crippen molar-refractivity contribution in [3.63, 3.8) is 0 Å². The number of likely N-dealkylation sites (tertiary alicyclic amines) is 1. The Kier molecular flexibility index (Phi) is 6.07. The molecule has 0 radical (unpaired) electrons. The molecule has 158 valence electrons. The maximum atomic E-state index is 13.3. The number of carbonyl (C=O) groups excluding carboxylic acids is 2. The Labute approximate surface area is 178 Å². The zero-order valence-electron chi connectivity index (χ0n) is 17.7. The largest absolute Gasteiger partial charge is 0.491 e. The summed E-state index contributed by atoms with van der Waals surface area (Å²) in [5.74, 6) is 1.04. The molecule has 0 aromatic heterocycles. The number of carbonyl (C=O) groups is 2. The van der Waals surface area contributed by atoms with E-state index in [1.165, 1.54) is 6.42 Å². The Balaban J connectivity index is 1.53. The molecular formula is C25H30N2O3. The molecule has 1 aliphatic heterocycles. The number of anilines is 1. The maximum Gasteiger partial charge on any atom is 0.254 e. The Morgan fingerprint density at radius 2 is 1.70 bits per heavy atom. The first kappa shape index (κ1) is 20.5. The Bertz CT molecular complexity index is 879. The number of fused-ring (bicyclic) bond motifs is 1. The van der Waals surface area contributed by atoms with Crippen molar-refractivity contribution in [2.45, 2.75) is 64.1 Å². The number of benzene rings is 2. The highest BCUT2D eigenvalue weighted by atomic mass is 16.5. The first-order valence-electron chi connectivity index (χ1n) is 11.0. The number of rotatable bonds is 5. The summed E-state index contributed by atoms with van der Waals surface area (Å²) in [4.78, 5) is 28.4. The second kappa shape index (κ2) is 8.90. The van der Waals surface area contributed by atoms with Gasteiger partial charge in [0.25, 0.3) is 5.91 Å². The lowest BCUT2D eigenvalue weighted by Gasteiger charge is -2.33. The Hall–Kier alpha value is -2.82. The molecule has 5 nitrogen and oxygen atoms in total. The monoisotopic (exact) mass is 406 g/mol. The topological polar surface area (TPSA) is 58.6 Å². The molecule has 1 aliphatic carbocycles. The van der Waals surface area contributed by atoms with Crippen molar-refractivity contribution < 1.29 is 14.3 Å². The van der Waals surface area contributed by atoms with Gasteiger partial charge in [-0.2, -0.15) is 0 Å². The molecule has 2 aliphatic rings. The Morgan fingerprint density at radius 3 is 2.40 bits per heavy atom. The summed E-state index contributed by atoms with van der Waals surface area (Å²) in [6.45, 7) is 3.96. The summed E-state index contributed by atoms with van der Waals surface area (Å²) < 4.78 is 5.67. The molecule has 0 bridgehead atoms. The minimum absolute atomic E-state index is 0.0363. The van der Waals surface area contributed by atoms with Crippen LogP contribution in [-0.4, -0.2) is 34.9 Å². The summed E-state index contributed by atoms with van der Waals surface area (Å²) in [5, 5.41) is 3.02. The number of hydrogen-bond donors (Lipinski definition) is 1. The van der Waals surface area contributed by atoms with E-state index in [1.807, 2.05) is 73.3 Å². The van der Waals surface area contributed by atoms with Gasteiger partial charge in [0.05, 0.1) is 6.10 Å². The molecular weight excluding hydrogens is 376 g/mol. The normalized spacial score (nSPS) is 23.2. The molecule has 2 aromatic rings. The molecule has 1 saturated carbocycles. The van der Waals surface area contributed by atoms with E-state index in [1.54, 1.807) is 0 Å². The van der Waals surface area contributed by atoms with E-state index >= 15 is 0 Å². The van der Waals surface area contributed by atoms with E-state index in [0.29, 0.717) is 11.5 Å². The van der Waals surface area contributed by atoms with E-state index in [4.69, 9.17) is 4.74 Å². The van der Waals surface area contributed by atoms with Crippen molar-refractivity contribution in [1.82, 2.24) is 4.90 Å². The first-order chi connectivity index (χ1) is 14.5. The van der Waals surface area contributed by atoms with Crippen LogP contribution in [0.5, 0.6) is 5.75 Å². The van der Waals surface area contributed by atoms with Crippen LogP contribution in [-0.2, 0) is 4.79 Å². The van der Waals surface area contributed by atoms with E-state index < -0.39 is 6.04 Å². The van der Waals surface area contributed by atoms with Gasteiger partial charge in [0.2, 0.25) is 5.91 Å². The second-order valence-corrected chi connectivity index (χ2v) is 8.62. The quantitative estimate of drug-likeness (QED) is 0.769. The van der Waals surface area contributed by atoms with Crippen LogP contribution in [0.15, 0.2) is 54.6 Å². The van der Waals surface area contributed by atoms with Gasteiger partial charge in [-0.1, -0.05) is 31.0 Å². The number of nitrogens with one attached hydrogen (secondary N) is 1. The minimum Gasteiger partial charge on any atom is -0.491 e. The van der Waals surface area contributed by atoms with E-state index in [9.17, 15) is 9.59 Å². The van der Waals surface area contributed by atoms with Crippen molar-refractivity contribution >= 4 is 17.5 Å². The van der Waals surface area contributed by atoms with Gasteiger partial charge >= 0.3 is 0 Å². The highest BCUT2D eigenvalue weighted by Crippen LogP contribution is 2.40. The molecule has 1 heterocycles. The van der Waals surface area contributed by atoms with Gasteiger partial charge in [-0.05, 0) is 75.4 Å². The lowest BCUT2D eigenvalue weighted by Crippen LogP contribution is -2.47. The highest BCUT2D eigenvalue weighted by Gasteiger charge is 2.47. The fourth-order valence-electron chi connectivity index (χ4n) is 4.83. The molecule has 4 rings (SSSR count). The number of amides is 2. The van der Waals surface area contributed by atoms with Gasteiger partial charge in [0.15, 0.2) is 0 Å². The lowest BCUT2D eigenvalue weighted by atomic mass is 9.84. The van der Waals surface area contributed by atoms with Gasteiger partial charge in [-0.25, -0.2) is 0 Å². The van der Waals surface area contributed by atoms with Gasteiger partial charge in [0.1, 0.15) is 11.8 Å². The summed E-state index contributed by atoms with van der Waals surface area (Å²) in [6, 6.07) is 16.5. The smallest absolute Gasteiger partial charge is 0.254 e. The van der Waals surface area contributed by atoms with Gasteiger partial charge in [-0.15, -0.1) is 0 Å². The fraction of sp³-hybridized carbons (Fsp3) is 0.440. The number of nitrogens with zero attached hydrogens (tertiary/aromatic N) is 1. The van der Waals surface area contributed by atoms with E-state index in [0.717, 1.165) is 37.1 Å². The molecule has 5 heteroatoms. The third-order valence-corrected chi connectivity index (χ3v) is 6.14. The van der Waals surface area contributed by atoms with Crippen LogP contribution in [0.4, 0.5) is 5.69 Å². The lowest BCUT2D eigenvalue weighted by molar-refractivity contribution is -0.120. The zero-order chi connectivity index (χ0) is 21.1. The summed E-state index contributed by atoms with van der Waals surface area (Å²) in [7, 11) is 0. The van der Waals surface area contributed by atoms with Crippen LogP contribution in [0.3, 0.4) is 0 Å². The molecule has 3 unspecified atom stereocenters. The van der Waals surface area contributed by atoms with E-state index in [-0.39, 0.29) is 24.0 Å². The van der Waals surface area contributed by atoms with Crippen LogP contribution in [0.25, 0.3) is 0 Å². The molecule has 3 atom stereocenters. The van der Waals surface area contributed by atoms with Gasteiger partial charge < -0.3 is 15.0 Å². The molecule has 1 saturated heterocycles. The van der Waals surface area contributed by atoms with Crippen molar-refractivity contribution in [2.24, 2.45) is 5.92 Å². The SMILES string of the molecule is CC(C)Oc1ccc(NC(=O)C2CC3CCCCC3N2C(=O)c2ccccc2)cc1. The molecule has 0 spiro atoms. The van der Waals surface area contributed by atoms with Gasteiger partial charge in [0, 0.05) is 17.3 Å². The van der Waals surface area contributed by atoms with Crippen LogP contribution in [0, 0.1) is 5.92 Å². The predicted molar refractivity (Wildman–Crippen MR) is 118 cm³/mol. The maximum absolute atomic E-state index is 13.3. The molecule has 2 amide bonds. The molecule has 2 aromatic carbocycles. The van der Waals surface area contributed by atoms with Crippen molar-refractivity contribution in [1.29, 1.82) is 0 Å². The summed E-state index contributed by atoms with van der Waals surface area (Å²) in [6.07, 6.45) is 5.21. The number of ether oxygens (including phenoxy) is 1. The molecule has 1 N–H and O–H groups in total. The second-order valence-electron chi connectivity index (χ2n) is 8.62. The van der Waals surface area contributed by atoms with Crippen molar-refractivity contribution in [2.75, 3.05) is 5.32 Å². The van der Waals surface area contributed by atoms with Crippen LogP contribution in [0.2, 0.25) is 0 Å². The Morgan fingerprint density at radius 1 is 1.00 bits per heavy atom. The average molecular weight is 407 g/mol. The highest BCUT2D eigenvalue weighted by molar-refractivity contribution is 6.01. The first-order valence-corrected chi connectivity index (χ1v) is 11.0. The van der Waals surface area contributed by atoms with Crippen molar-refractivity contribution in [3.05, 3.63) is 60.2 Å². The van der Waals surface area contributed by atoms with Gasteiger partial charge in [-0.3, -0.25) is 9.59 Å². The summed E-state index contributed by atoms with van der Waals surface area (Å²) in [5.41, 5.74) is 1.37. The third-order valence-electron chi connectivity index (χ3n) is 6.14. The third kappa shape index (κ3) is 4.35. The average Bonchev–Trinajstić information content (AvgIpc) is 3.14. The number of hydrogen-bond acceptors (Lipinski definition) is 3. The fourth-order valence-corrected chi connectivity index (χ4v) is 4.83. The molecule has 30 heavy (non-hydrogen) atoms. The minimum atomic E-state index is -0.433. The zero-order valence-corrected chi connectivity index (χ0v) is 17.7.